The van der Waals surface area contributed by atoms with E-state index < -0.39 is 11.9 Å². The maximum absolute atomic E-state index is 13.5. The molecule has 1 amide bonds. The molecule has 0 bridgehead atoms. The quantitative estimate of drug-likeness (QED) is 0.481. The van der Waals surface area contributed by atoms with Crippen molar-refractivity contribution in [3.63, 3.8) is 0 Å². The van der Waals surface area contributed by atoms with Crippen LogP contribution in [0.15, 0.2) is 75.9 Å². The first-order valence-corrected chi connectivity index (χ1v) is 10.3. The number of ether oxygens (including phenoxy) is 1. The lowest BCUT2D eigenvalue weighted by atomic mass is 9.98. The molecule has 1 aliphatic heterocycles. The Labute approximate surface area is 188 Å². The molecule has 5 rings (SSSR count). The van der Waals surface area contributed by atoms with Gasteiger partial charge in [0.2, 0.25) is 5.76 Å². The van der Waals surface area contributed by atoms with Crippen LogP contribution in [-0.2, 0) is 6.54 Å². The second-order valence-electron chi connectivity index (χ2n) is 7.59. The first-order valence-electron chi connectivity index (χ1n) is 9.95. The van der Waals surface area contributed by atoms with Crippen LogP contribution in [0.1, 0.15) is 33.3 Å². The minimum atomic E-state index is -0.716. The maximum Gasteiger partial charge on any atom is 0.291 e. The van der Waals surface area contributed by atoms with Gasteiger partial charge in [0.15, 0.2) is 5.43 Å². The molecule has 1 aliphatic rings. The zero-order valence-corrected chi connectivity index (χ0v) is 17.8. The molecule has 0 radical (unpaired) electrons. The molecule has 0 spiro atoms. The van der Waals surface area contributed by atoms with Crippen LogP contribution in [0, 0.1) is 0 Å². The normalized spacial score (nSPS) is 15.2. The van der Waals surface area contributed by atoms with E-state index in [-0.39, 0.29) is 29.0 Å². The molecule has 0 saturated carbocycles. The summed E-state index contributed by atoms with van der Waals surface area (Å²) in [6, 6.07) is 17.9. The van der Waals surface area contributed by atoms with E-state index in [1.54, 1.807) is 48.4 Å². The van der Waals surface area contributed by atoms with Crippen LogP contribution < -0.4 is 10.2 Å². The average Bonchev–Trinajstić information content (AvgIpc) is 3.07. The van der Waals surface area contributed by atoms with Gasteiger partial charge >= 0.3 is 0 Å². The number of nitrogens with zero attached hydrogens (tertiary/aromatic N) is 1. The summed E-state index contributed by atoms with van der Waals surface area (Å²) in [6.45, 7) is 0.240. The van der Waals surface area contributed by atoms with Gasteiger partial charge in [0, 0.05) is 11.6 Å². The summed E-state index contributed by atoms with van der Waals surface area (Å²) in [7, 11) is 1.59. The highest BCUT2D eigenvalue weighted by Gasteiger charge is 2.42. The summed E-state index contributed by atoms with van der Waals surface area (Å²) in [5, 5.41) is 10.8. The number of hydrogen-bond acceptors (Lipinski definition) is 5. The fourth-order valence-electron chi connectivity index (χ4n) is 4.12. The van der Waals surface area contributed by atoms with Gasteiger partial charge in [-0.2, -0.15) is 0 Å². The van der Waals surface area contributed by atoms with Gasteiger partial charge in [0.1, 0.15) is 17.1 Å². The van der Waals surface area contributed by atoms with Crippen LogP contribution in [0.25, 0.3) is 11.0 Å². The smallest absolute Gasteiger partial charge is 0.291 e. The van der Waals surface area contributed by atoms with Crippen LogP contribution in [0.5, 0.6) is 11.5 Å². The summed E-state index contributed by atoms with van der Waals surface area (Å²) < 4.78 is 11.1. The van der Waals surface area contributed by atoms with Gasteiger partial charge in [0.25, 0.3) is 5.91 Å². The summed E-state index contributed by atoms with van der Waals surface area (Å²) in [4.78, 5) is 28.5. The largest absolute Gasteiger partial charge is 0.508 e. The second kappa shape index (κ2) is 7.73. The summed E-state index contributed by atoms with van der Waals surface area (Å²) in [5.41, 5.74) is 1.69. The third kappa shape index (κ3) is 3.29. The first kappa shape index (κ1) is 20.2. The Balaban J connectivity index is 1.70. The van der Waals surface area contributed by atoms with Gasteiger partial charge in [0.05, 0.1) is 24.1 Å². The van der Waals surface area contributed by atoms with Crippen molar-refractivity contribution in [2.24, 2.45) is 0 Å². The molecule has 1 N–H and O–H groups in total. The topological polar surface area (TPSA) is 80.0 Å². The van der Waals surface area contributed by atoms with E-state index >= 15 is 0 Å². The van der Waals surface area contributed by atoms with Crippen molar-refractivity contribution in [2.75, 3.05) is 7.11 Å². The highest BCUT2D eigenvalue weighted by Crippen LogP contribution is 2.40. The summed E-state index contributed by atoms with van der Waals surface area (Å²) in [6.07, 6.45) is 0. The number of aromatic hydroxyl groups is 1. The number of carbonyl (C=O) groups is 1. The standard InChI is InChI=1S/C25H18ClNO5/c1-31-18-8-5-14(6-9-18)13-27-22(15-3-2-4-17(28)11-15)21-23(29)19-12-16(26)7-10-20(19)32-24(21)25(27)30/h2-12,22,28H,13H2,1H3/t22-/m1/s1. The van der Waals surface area contributed by atoms with E-state index in [2.05, 4.69) is 0 Å². The number of benzene rings is 3. The number of methoxy groups -OCH3 is 1. The van der Waals surface area contributed by atoms with Gasteiger partial charge in [-0.3, -0.25) is 9.59 Å². The van der Waals surface area contributed by atoms with Crippen LogP contribution >= 0.6 is 11.6 Å². The predicted octanol–water partition coefficient (Wildman–Crippen LogP) is 4.91. The van der Waals surface area contributed by atoms with Crippen molar-refractivity contribution in [1.82, 2.24) is 4.90 Å². The van der Waals surface area contributed by atoms with Crippen LogP contribution in [-0.4, -0.2) is 23.0 Å². The van der Waals surface area contributed by atoms with Gasteiger partial charge in [-0.05, 0) is 53.6 Å². The SMILES string of the molecule is COc1ccc(CN2C(=O)c3oc4ccc(Cl)cc4c(=O)c3[C@H]2c2cccc(O)c2)cc1. The van der Waals surface area contributed by atoms with Crippen LogP contribution in [0.2, 0.25) is 5.02 Å². The molecule has 2 heterocycles. The molecule has 7 heteroatoms. The van der Waals surface area contributed by atoms with E-state index in [4.69, 9.17) is 20.8 Å². The molecule has 6 nitrogen and oxygen atoms in total. The Morgan fingerprint density at radius 2 is 1.84 bits per heavy atom. The van der Waals surface area contributed by atoms with Crippen molar-refractivity contribution in [3.8, 4) is 11.5 Å². The number of halogens is 1. The molecular weight excluding hydrogens is 430 g/mol. The Kier molecular flexibility index (Phi) is 4.87. The van der Waals surface area contributed by atoms with Crippen LogP contribution in [0.4, 0.5) is 0 Å². The molecule has 32 heavy (non-hydrogen) atoms. The fourth-order valence-corrected chi connectivity index (χ4v) is 4.30. The number of amides is 1. The van der Waals surface area contributed by atoms with Crippen molar-refractivity contribution < 1.29 is 19.1 Å². The third-order valence-electron chi connectivity index (χ3n) is 5.63. The Morgan fingerprint density at radius 1 is 1.06 bits per heavy atom. The fraction of sp³-hybridized carbons (Fsp3) is 0.120. The highest BCUT2D eigenvalue weighted by atomic mass is 35.5. The van der Waals surface area contributed by atoms with Crippen LogP contribution in [0.3, 0.4) is 0 Å². The minimum absolute atomic E-state index is 0.00618. The summed E-state index contributed by atoms with van der Waals surface area (Å²) in [5.74, 6) is 0.361. The molecule has 1 aromatic heterocycles. The molecule has 0 unspecified atom stereocenters. The minimum Gasteiger partial charge on any atom is -0.508 e. The molecule has 0 fully saturated rings. The zero-order valence-electron chi connectivity index (χ0n) is 17.0. The van der Waals surface area contributed by atoms with E-state index in [0.717, 1.165) is 5.56 Å². The number of phenols is 1. The van der Waals surface area contributed by atoms with Gasteiger partial charge in [-0.25, -0.2) is 0 Å². The van der Waals surface area contributed by atoms with E-state index in [9.17, 15) is 14.7 Å². The Hall–Kier alpha value is -3.77. The molecule has 3 aromatic carbocycles. The molecule has 4 aromatic rings. The third-order valence-corrected chi connectivity index (χ3v) is 5.86. The lowest BCUT2D eigenvalue weighted by molar-refractivity contribution is 0.0714. The number of carbonyl (C=O) groups excluding carboxylic acids is 1. The van der Waals surface area contributed by atoms with Gasteiger partial charge in [-0.15, -0.1) is 0 Å². The van der Waals surface area contributed by atoms with Crippen molar-refractivity contribution in [3.05, 3.63) is 104 Å². The Morgan fingerprint density at radius 3 is 2.56 bits per heavy atom. The number of phenolic OH excluding ortho intramolecular Hbond substituents is 1. The summed E-state index contributed by atoms with van der Waals surface area (Å²) >= 11 is 6.10. The molecule has 0 saturated heterocycles. The van der Waals surface area contributed by atoms with Crippen molar-refractivity contribution in [2.45, 2.75) is 12.6 Å². The number of fused-ring (bicyclic) bond motifs is 2. The zero-order chi connectivity index (χ0) is 22.4. The second-order valence-corrected chi connectivity index (χ2v) is 8.03. The number of rotatable bonds is 4. The van der Waals surface area contributed by atoms with E-state index in [1.807, 2.05) is 24.3 Å². The molecular formula is C25H18ClNO5. The van der Waals surface area contributed by atoms with Crippen molar-refractivity contribution in [1.29, 1.82) is 0 Å². The van der Waals surface area contributed by atoms with Gasteiger partial charge in [-0.1, -0.05) is 35.9 Å². The first-order chi connectivity index (χ1) is 15.5. The lowest BCUT2D eigenvalue weighted by Crippen LogP contribution is -2.29. The van der Waals surface area contributed by atoms with Crippen molar-refractivity contribution >= 4 is 28.5 Å². The van der Waals surface area contributed by atoms with Gasteiger partial charge < -0.3 is 19.2 Å². The lowest BCUT2D eigenvalue weighted by Gasteiger charge is -2.25. The molecule has 1 atom stereocenters. The monoisotopic (exact) mass is 447 g/mol. The molecule has 160 valence electrons. The highest BCUT2D eigenvalue weighted by molar-refractivity contribution is 6.31. The van der Waals surface area contributed by atoms with E-state index in [0.29, 0.717) is 27.3 Å². The number of hydrogen-bond donors (Lipinski definition) is 1. The predicted molar refractivity (Wildman–Crippen MR) is 120 cm³/mol. The Bertz CT molecular complexity index is 1410. The molecule has 0 aliphatic carbocycles. The maximum atomic E-state index is 13.5. The van der Waals surface area contributed by atoms with E-state index in [1.165, 1.54) is 6.07 Å². The average molecular weight is 448 g/mol.